The van der Waals surface area contributed by atoms with Gasteiger partial charge in [0.05, 0.1) is 73.6 Å². The van der Waals surface area contributed by atoms with Gasteiger partial charge in [-0.15, -0.1) is 0 Å². The van der Waals surface area contributed by atoms with Crippen LogP contribution in [0.5, 0.6) is 11.5 Å². The van der Waals surface area contributed by atoms with Crippen molar-refractivity contribution in [2.45, 2.75) is 104 Å². The highest BCUT2D eigenvalue weighted by Crippen LogP contribution is 2.43. The maximum Gasteiger partial charge on any atom is 0.200 e. The van der Waals surface area contributed by atoms with E-state index in [1.807, 2.05) is 0 Å². The lowest BCUT2D eigenvalue weighted by Gasteiger charge is -2.22. The van der Waals surface area contributed by atoms with Crippen molar-refractivity contribution in [1.82, 2.24) is 0 Å². The van der Waals surface area contributed by atoms with Crippen LogP contribution in [0, 0.1) is 0 Å². The summed E-state index contributed by atoms with van der Waals surface area (Å²) in [5.41, 5.74) is 0.243. The van der Waals surface area contributed by atoms with Crippen molar-refractivity contribution in [3.05, 3.63) is 193 Å². The first kappa shape index (κ1) is 54.5. The summed E-state index contributed by atoms with van der Waals surface area (Å²) in [7, 11) is 0. The van der Waals surface area contributed by atoms with Gasteiger partial charge < -0.3 is 4.74 Å². The molecule has 0 spiro atoms. The summed E-state index contributed by atoms with van der Waals surface area (Å²) in [5.74, 6) is -3.13. The van der Waals surface area contributed by atoms with Crippen LogP contribution in [0.25, 0.3) is 0 Å². The highest BCUT2D eigenvalue weighted by molar-refractivity contribution is 6.45. The minimum absolute atomic E-state index is 0.0155. The molecule has 0 saturated heterocycles. The molecule has 0 aliphatic carbocycles. The van der Waals surface area contributed by atoms with E-state index in [4.69, 9.17) is 97.5 Å². The van der Waals surface area contributed by atoms with E-state index < -0.39 is 23.1 Å². The molecular weight excluding hydrogens is 1040 g/mol. The molecule has 5 nitrogen and oxygen atoms in total. The smallest absolute Gasteiger partial charge is 0.200 e. The maximum atomic E-state index is 15.4. The Morgan fingerprint density at radius 2 is 0.565 bits per heavy atom. The van der Waals surface area contributed by atoms with Crippen LogP contribution in [-0.2, 0) is 12.8 Å². The third-order valence-corrected chi connectivity index (χ3v) is 14.5. The molecule has 0 radical (unpaired) electrons. The topological polar surface area (TPSA) is 77.5 Å². The summed E-state index contributed by atoms with van der Waals surface area (Å²) in [6.45, 7) is 4.29. The van der Waals surface area contributed by atoms with Gasteiger partial charge in [0.2, 0.25) is 11.6 Å². The number of carbonyl (C=O) groups is 4. The van der Waals surface area contributed by atoms with E-state index in [9.17, 15) is 0 Å². The van der Waals surface area contributed by atoms with Crippen LogP contribution in [0.2, 0.25) is 40.2 Å². The van der Waals surface area contributed by atoms with Crippen LogP contribution in [0.4, 0.5) is 0 Å². The Bertz CT molecular complexity index is 2600. The number of carbonyl (C=O) groups excluding carboxylic acids is 4. The lowest BCUT2D eigenvalue weighted by molar-refractivity contribution is 0.0997. The van der Waals surface area contributed by atoms with Gasteiger partial charge in [0.1, 0.15) is 11.5 Å². The molecule has 0 atom stereocenters. The molecule has 13 heteroatoms. The number of hydrogen-bond acceptors (Lipinski definition) is 5. The van der Waals surface area contributed by atoms with E-state index >= 15 is 19.2 Å². The van der Waals surface area contributed by atoms with Crippen LogP contribution in [0.3, 0.4) is 0 Å². The predicted octanol–water partition coefficient (Wildman–Crippen LogP) is 19.4. The second-order valence-electron chi connectivity index (χ2n) is 16.8. The van der Waals surface area contributed by atoms with Crippen LogP contribution >= 0.6 is 92.8 Å². The van der Waals surface area contributed by atoms with E-state index in [0.717, 1.165) is 64.2 Å². The Morgan fingerprint density at radius 1 is 0.319 bits per heavy atom. The Balaban J connectivity index is 1.67. The second kappa shape index (κ2) is 26.0. The molecule has 6 aromatic rings. The molecule has 0 aliphatic heterocycles. The standard InChI is InChI=1S/C56H50Cl8O5/c1-3-5-7-9-11-13-19-33-29-31-43(51(55(67)49-39(61)25-17-26-40(49)62)45(33)53(65)47-35(57)21-15-22-36(47)58)69-44-32-30-34(20-14-12-10-8-6-4-2)46(54(66)48-37(59)23-16-24-38(48)60)52(44)56(68)50-41(63)27-18-28-42(50)64/h15-18,21-32H,3-14,19-20H2,1-2H3. The molecule has 6 rings (SSSR count). The molecule has 0 amide bonds. The molecule has 0 fully saturated rings. The van der Waals surface area contributed by atoms with Gasteiger partial charge in [-0.05, 0) is 97.5 Å². The van der Waals surface area contributed by atoms with Crippen molar-refractivity contribution < 1.29 is 23.9 Å². The lowest BCUT2D eigenvalue weighted by Crippen LogP contribution is -2.19. The average Bonchev–Trinajstić information content (AvgIpc) is 3.31. The van der Waals surface area contributed by atoms with Gasteiger partial charge in [-0.3, -0.25) is 19.2 Å². The van der Waals surface area contributed by atoms with Crippen LogP contribution in [0.15, 0.2) is 97.1 Å². The lowest BCUT2D eigenvalue weighted by atomic mass is 9.86. The number of unbranched alkanes of at least 4 members (excludes halogenated alkanes) is 10. The molecule has 0 bridgehead atoms. The van der Waals surface area contributed by atoms with Crippen LogP contribution < -0.4 is 4.74 Å². The molecular formula is C56H50Cl8O5. The number of rotatable bonds is 24. The molecule has 0 aliphatic rings. The van der Waals surface area contributed by atoms with E-state index in [1.165, 1.54) is 48.5 Å². The first-order valence-corrected chi connectivity index (χ1v) is 26.2. The summed E-state index contributed by atoms with van der Waals surface area (Å²) in [6, 6.07) is 25.1. The average molecular weight is 1090 g/mol. The molecule has 6 aromatic carbocycles. The van der Waals surface area contributed by atoms with Crippen molar-refractivity contribution in [2.75, 3.05) is 0 Å². The number of halogens is 8. The number of ketones is 4. The Morgan fingerprint density at radius 3 is 0.841 bits per heavy atom. The molecule has 0 aromatic heterocycles. The molecule has 0 saturated carbocycles. The van der Waals surface area contributed by atoms with Crippen molar-refractivity contribution in [3.63, 3.8) is 0 Å². The Hall–Kier alpha value is -3.88. The number of hydrogen-bond donors (Lipinski definition) is 0. The van der Waals surface area contributed by atoms with E-state index in [1.54, 1.807) is 48.5 Å². The second-order valence-corrected chi connectivity index (χ2v) is 20.0. The zero-order valence-electron chi connectivity index (χ0n) is 38.2. The fourth-order valence-electron chi connectivity index (χ4n) is 8.48. The van der Waals surface area contributed by atoms with E-state index in [-0.39, 0.29) is 96.2 Å². The van der Waals surface area contributed by atoms with Crippen molar-refractivity contribution in [2.24, 2.45) is 0 Å². The number of benzene rings is 6. The maximum absolute atomic E-state index is 15.4. The largest absolute Gasteiger partial charge is 0.456 e. The highest BCUT2D eigenvalue weighted by atomic mass is 35.5. The van der Waals surface area contributed by atoms with Gasteiger partial charge in [-0.25, -0.2) is 0 Å². The quantitative estimate of drug-likeness (QED) is 0.0446. The van der Waals surface area contributed by atoms with Gasteiger partial charge in [0.15, 0.2) is 11.6 Å². The summed E-state index contributed by atoms with van der Waals surface area (Å²) < 4.78 is 6.86. The van der Waals surface area contributed by atoms with Gasteiger partial charge in [-0.2, -0.15) is 0 Å². The monoisotopic (exact) mass is 1080 g/mol. The summed E-state index contributed by atoms with van der Waals surface area (Å²) in [6.07, 6.45) is 12.4. The van der Waals surface area contributed by atoms with Crippen molar-refractivity contribution in [3.8, 4) is 11.5 Å². The Kier molecular flexibility index (Phi) is 20.5. The first-order valence-electron chi connectivity index (χ1n) is 23.2. The molecule has 0 N–H and O–H groups in total. The fraction of sp³-hybridized carbons (Fsp3) is 0.286. The zero-order valence-corrected chi connectivity index (χ0v) is 44.2. The molecule has 69 heavy (non-hydrogen) atoms. The van der Waals surface area contributed by atoms with Crippen molar-refractivity contribution >= 4 is 116 Å². The van der Waals surface area contributed by atoms with Gasteiger partial charge >= 0.3 is 0 Å². The van der Waals surface area contributed by atoms with Gasteiger partial charge in [0, 0.05) is 11.1 Å². The molecule has 0 heterocycles. The minimum atomic E-state index is -0.752. The van der Waals surface area contributed by atoms with E-state index in [0.29, 0.717) is 36.8 Å². The summed E-state index contributed by atoms with van der Waals surface area (Å²) >= 11 is 54.0. The SMILES string of the molecule is CCCCCCCCc1ccc(Oc2ccc(CCCCCCCC)c(C(=O)c3c(Cl)cccc3Cl)c2C(=O)c2c(Cl)cccc2Cl)c(C(=O)c2c(Cl)cccc2Cl)c1C(=O)c1c(Cl)cccc1Cl. The van der Waals surface area contributed by atoms with Crippen LogP contribution in [0.1, 0.15) is 166 Å². The summed E-state index contributed by atoms with van der Waals surface area (Å²) in [4.78, 5) is 61.3. The van der Waals surface area contributed by atoms with Crippen LogP contribution in [-0.4, -0.2) is 23.1 Å². The fourth-order valence-corrected chi connectivity index (χ4v) is 10.8. The highest BCUT2D eigenvalue weighted by Gasteiger charge is 2.35. The predicted molar refractivity (Wildman–Crippen MR) is 287 cm³/mol. The summed E-state index contributed by atoms with van der Waals surface area (Å²) in [5, 5.41) is 0.304. The molecule has 0 unspecified atom stereocenters. The normalized spacial score (nSPS) is 11.2. The first-order chi connectivity index (χ1) is 33.2. The van der Waals surface area contributed by atoms with Gasteiger partial charge in [-0.1, -0.05) is 207 Å². The van der Waals surface area contributed by atoms with Gasteiger partial charge in [0.25, 0.3) is 0 Å². The minimum Gasteiger partial charge on any atom is -0.456 e. The number of ether oxygens (including phenoxy) is 1. The third-order valence-electron chi connectivity index (χ3n) is 12.0. The Labute approximate surface area is 444 Å². The zero-order chi connectivity index (χ0) is 49.8. The van der Waals surface area contributed by atoms with E-state index in [2.05, 4.69) is 13.8 Å². The molecule has 360 valence electrons. The number of aryl methyl sites for hydroxylation is 2. The third kappa shape index (κ3) is 13.0. The van der Waals surface area contributed by atoms with Crippen molar-refractivity contribution in [1.29, 1.82) is 0 Å².